The topological polar surface area (TPSA) is 29.0 Å². The highest BCUT2D eigenvalue weighted by molar-refractivity contribution is 7.18. The van der Waals surface area contributed by atoms with Gasteiger partial charge < -0.3 is 4.90 Å². The van der Waals surface area contributed by atoms with E-state index in [1.807, 2.05) is 0 Å². The van der Waals surface area contributed by atoms with E-state index in [4.69, 9.17) is 0 Å². The van der Waals surface area contributed by atoms with Crippen molar-refractivity contribution in [2.24, 2.45) is 11.8 Å². The smallest absolute Gasteiger partial charge is 0.355 e. The predicted molar refractivity (Wildman–Crippen MR) is 86.9 cm³/mol. The molecule has 0 unspecified atom stereocenters. The predicted octanol–water partition coefficient (Wildman–Crippen LogP) is 4.67. The van der Waals surface area contributed by atoms with Crippen molar-refractivity contribution in [3.63, 3.8) is 0 Å². The normalized spacial score (nSPS) is 22.2. The van der Waals surface area contributed by atoms with Crippen molar-refractivity contribution in [1.82, 2.24) is 9.97 Å². The lowest BCUT2D eigenvalue weighted by Gasteiger charge is -2.17. The summed E-state index contributed by atoms with van der Waals surface area (Å²) in [5.74, 6) is 2.03. The minimum atomic E-state index is -4.19. The number of nitrogens with zero attached hydrogens (tertiary/aromatic N) is 3. The van der Waals surface area contributed by atoms with Crippen LogP contribution in [0.25, 0.3) is 10.2 Å². The van der Waals surface area contributed by atoms with Crippen molar-refractivity contribution in [1.29, 1.82) is 0 Å². The van der Waals surface area contributed by atoms with E-state index in [1.54, 1.807) is 6.07 Å². The Kier molecular flexibility index (Phi) is 4.49. The highest BCUT2D eigenvalue weighted by Gasteiger charge is 2.33. The zero-order valence-electron chi connectivity index (χ0n) is 13.2. The van der Waals surface area contributed by atoms with Crippen LogP contribution in [0.4, 0.5) is 19.0 Å². The highest BCUT2D eigenvalue weighted by atomic mass is 32.1. The molecule has 0 bridgehead atoms. The van der Waals surface area contributed by atoms with E-state index in [9.17, 15) is 13.2 Å². The molecule has 7 heteroatoms. The molecule has 2 aromatic rings. The molecule has 0 aromatic carbocycles. The van der Waals surface area contributed by atoms with Crippen LogP contribution in [0.15, 0.2) is 12.4 Å². The van der Waals surface area contributed by atoms with Gasteiger partial charge in [0.25, 0.3) is 0 Å². The standard InChI is InChI=1S/C16H20F3N3S/c1-3-10-7-22(8-11(10)4-2)14-13-5-12(6-16(17,18)19)23-15(13)21-9-20-14/h5,9-11H,3-4,6-8H2,1-2H3/t10-,11+. The molecule has 1 aliphatic rings. The molecule has 1 aliphatic heterocycles. The van der Waals surface area contributed by atoms with Gasteiger partial charge in [0.1, 0.15) is 17.0 Å². The van der Waals surface area contributed by atoms with Crippen LogP contribution in [0.5, 0.6) is 0 Å². The van der Waals surface area contributed by atoms with E-state index in [1.165, 1.54) is 6.33 Å². The summed E-state index contributed by atoms with van der Waals surface area (Å²) in [6.45, 7) is 6.23. The number of hydrogen-bond acceptors (Lipinski definition) is 4. The summed E-state index contributed by atoms with van der Waals surface area (Å²) in [5, 5.41) is 0.753. The molecule has 2 atom stereocenters. The molecule has 0 saturated carbocycles. The maximum absolute atomic E-state index is 12.6. The monoisotopic (exact) mass is 343 g/mol. The van der Waals surface area contributed by atoms with Crippen molar-refractivity contribution in [2.75, 3.05) is 18.0 Å². The van der Waals surface area contributed by atoms with E-state index in [2.05, 4.69) is 28.7 Å². The second kappa shape index (κ2) is 6.26. The molecular weight excluding hydrogens is 323 g/mol. The molecule has 1 fully saturated rings. The minimum Gasteiger partial charge on any atom is -0.355 e. The Morgan fingerprint density at radius 2 is 1.83 bits per heavy atom. The summed E-state index contributed by atoms with van der Waals surface area (Å²) in [5.41, 5.74) is 0. The molecule has 0 aliphatic carbocycles. The molecular formula is C16H20F3N3S. The van der Waals surface area contributed by atoms with Gasteiger partial charge in [0.15, 0.2) is 0 Å². The Labute approximate surface area is 137 Å². The molecule has 2 aromatic heterocycles. The lowest BCUT2D eigenvalue weighted by molar-refractivity contribution is -0.126. The van der Waals surface area contributed by atoms with Crippen molar-refractivity contribution in [3.8, 4) is 0 Å². The first-order chi connectivity index (χ1) is 10.9. The van der Waals surface area contributed by atoms with Gasteiger partial charge in [-0.05, 0) is 17.9 Å². The summed E-state index contributed by atoms with van der Waals surface area (Å²) >= 11 is 1.11. The average Bonchev–Trinajstić information content (AvgIpc) is 3.07. The van der Waals surface area contributed by atoms with Gasteiger partial charge in [-0.15, -0.1) is 11.3 Å². The number of hydrogen-bond donors (Lipinski definition) is 0. The lowest BCUT2D eigenvalue weighted by Crippen LogP contribution is -2.21. The van der Waals surface area contributed by atoms with Gasteiger partial charge >= 0.3 is 6.18 Å². The van der Waals surface area contributed by atoms with Gasteiger partial charge in [-0.2, -0.15) is 13.2 Å². The molecule has 3 heterocycles. The van der Waals surface area contributed by atoms with Crippen LogP contribution in [0, 0.1) is 11.8 Å². The van der Waals surface area contributed by atoms with E-state index in [-0.39, 0.29) is 0 Å². The van der Waals surface area contributed by atoms with Gasteiger partial charge in [0, 0.05) is 18.0 Å². The van der Waals surface area contributed by atoms with E-state index < -0.39 is 12.6 Å². The van der Waals surface area contributed by atoms with Crippen molar-refractivity contribution < 1.29 is 13.2 Å². The SMILES string of the molecule is CC[C@@H]1CN(c2ncnc3sc(CC(F)(F)F)cc23)C[C@@H]1CC. The molecule has 3 rings (SSSR count). The Hall–Kier alpha value is -1.37. The third-order valence-electron chi connectivity index (χ3n) is 4.66. The average molecular weight is 343 g/mol. The van der Waals surface area contributed by atoms with Gasteiger partial charge in [-0.25, -0.2) is 9.97 Å². The van der Waals surface area contributed by atoms with Crippen molar-refractivity contribution in [3.05, 3.63) is 17.3 Å². The van der Waals surface area contributed by atoms with E-state index in [0.29, 0.717) is 21.5 Å². The first kappa shape index (κ1) is 16.5. The Bertz CT molecular complexity index is 671. The second-order valence-electron chi connectivity index (χ2n) is 6.16. The summed E-state index contributed by atoms with van der Waals surface area (Å²) in [6.07, 6.45) is -1.39. The summed E-state index contributed by atoms with van der Waals surface area (Å²) in [6, 6.07) is 1.61. The molecule has 1 saturated heterocycles. The van der Waals surface area contributed by atoms with Crippen LogP contribution < -0.4 is 4.90 Å². The fraction of sp³-hybridized carbons (Fsp3) is 0.625. The zero-order chi connectivity index (χ0) is 16.6. The van der Waals surface area contributed by atoms with Crippen molar-refractivity contribution >= 4 is 27.4 Å². The van der Waals surface area contributed by atoms with Gasteiger partial charge in [-0.3, -0.25) is 0 Å². The van der Waals surface area contributed by atoms with Crippen LogP contribution >= 0.6 is 11.3 Å². The number of anilines is 1. The Balaban J connectivity index is 1.92. The third-order valence-corrected chi connectivity index (χ3v) is 5.70. The first-order valence-corrected chi connectivity index (χ1v) is 8.78. The quantitative estimate of drug-likeness (QED) is 0.808. The number of rotatable bonds is 4. The molecule has 0 spiro atoms. The fourth-order valence-electron chi connectivity index (χ4n) is 3.47. The number of aromatic nitrogens is 2. The summed E-state index contributed by atoms with van der Waals surface area (Å²) in [4.78, 5) is 11.7. The number of alkyl halides is 3. The van der Waals surface area contributed by atoms with Crippen LogP contribution in [0.3, 0.4) is 0 Å². The molecule has 0 radical (unpaired) electrons. The van der Waals surface area contributed by atoms with Gasteiger partial charge in [0.05, 0.1) is 11.8 Å². The zero-order valence-corrected chi connectivity index (χ0v) is 14.0. The summed E-state index contributed by atoms with van der Waals surface area (Å²) < 4.78 is 37.9. The molecule has 0 amide bonds. The van der Waals surface area contributed by atoms with Crippen LogP contribution in [0.1, 0.15) is 31.6 Å². The minimum absolute atomic E-state index is 0.299. The van der Waals surface area contributed by atoms with Crippen LogP contribution in [-0.4, -0.2) is 29.2 Å². The van der Waals surface area contributed by atoms with E-state index in [0.717, 1.165) is 48.5 Å². The largest absolute Gasteiger partial charge is 0.393 e. The summed E-state index contributed by atoms with van der Waals surface area (Å²) in [7, 11) is 0. The number of thiophene rings is 1. The van der Waals surface area contributed by atoms with Crippen molar-refractivity contribution in [2.45, 2.75) is 39.3 Å². The lowest BCUT2D eigenvalue weighted by atomic mass is 9.92. The van der Waals surface area contributed by atoms with Gasteiger partial charge in [0.2, 0.25) is 0 Å². The Morgan fingerprint density at radius 3 is 2.39 bits per heavy atom. The number of halogens is 3. The maximum Gasteiger partial charge on any atom is 0.393 e. The third kappa shape index (κ3) is 3.44. The molecule has 126 valence electrons. The first-order valence-electron chi connectivity index (χ1n) is 7.96. The van der Waals surface area contributed by atoms with Crippen LogP contribution in [0.2, 0.25) is 0 Å². The van der Waals surface area contributed by atoms with Gasteiger partial charge in [-0.1, -0.05) is 26.7 Å². The Morgan fingerprint density at radius 1 is 1.17 bits per heavy atom. The molecule has 0 N–H and O–H groups in total. The molecule has 3 nitrogen and oxygen atoms in total. The molecule has 23 heavy (non-hydrogen) atoms. The number of fused-ring (bicyclic) bond motifs is 1. The second-order valence-corrected chi connectivity index (χ2v) is 7.28. The highest BCUT2D eigenvalue weighted by Crippen LogP contribution is 2.37. The van der Waals surface area contributed by atoms with Crippen LogP contribution in [-0.2, 0) is 6.42 Å². The van der Waals surface area contributed by atoms with E-state index >= 15 is 0 Å². The maximum atomic E-state index is 12.6. The fourth-order valence-corrected chi connectivity index (χ4v) is 4.49.